The van der Waals surface area contributed by atoms with E-state index in [2.05, 4.69) is 25.3 Å². The molecule has 0 aliphatic carbocycles. The van der Waals surface area contributed by atoms with Crippen LogP contribution in [0.2, 0.25) is 0 Å². The molecule has 0 aromatic carbocycles. The second kappa shape index (κ2) is 6.89. The van der Waals surface area contributed by atoms with Crippen LogP contribution in [0.25, 0.3) is 10.2 Å². The van der Waals surface area contributed by atoms with Crippen molar-refractivity contribution >= 4 is 38.3 Å². The Bertz CT molecular complexity index is 947. The number of pyridine rings is 1. The maximum Gasteiger partial charge on any atom is 0.260 e. The molecular weight excluding hydrogens is 356 g/mol. The van der Waals surface area contributed by atoms with Crippen LogP contribution in [0.4, 0.5) is 10.8 Å². The summed E-state index contributed by atoms with van der Waals surface area (Å²) in [5, 5.41) is 7.34. The molecule has 1 saturated heterocycles. The number of hydrogen-bond donors (Lipinski definition) is 1. The van der Waals surface area contributed by atoms with Gasteiger partial charge >= 0.3 is 0 Å². The van der Waals surface area contributed by atoms with Crippen LogP contribution >= 0.6 is 11.3 Å². The van der Waals surface area contributed by atoms with Crippen LogP contribution in [0.5, 0.6) is 5.88 Å². The number of nitrogens with one attached hydrogen (secondary N) is 1. The molecule has 3 aromatic rings. The number of thiazole rings is 1. The van der Waals surface area contributed by atoms with Crippen molar-refractivity contribution in [1.82, 2.24) is 19.7 Å². The van der Waals surface area contributed by atoms with Crippen LogP contribution in [0.15, 0.2) is 18.6 Å². The summed E-state index contributed by atoms with van der Waals surface area (Å²) in [6.45, 7) is 2.94. The van der Waals surface area contributed by atoms with E-state index in [-0.39, 0.29) is 5.91 Å². The minimum atomic E-state index is -0.253. The Hall–Kier alpha value is -2.72. The highest BCUT2D eigenvalue weighted by Gasteiger charge is 2.21. The van der Waals surface area contributed by atoms with Crippen molar-refractivity contribution in [3.8, 4) is 5.88 Å². The van der Waals surface area contributed by atoms with Crippen LogP contribution < -0.4 is 15.0 Å². The van der Waals surface area contributed by atoms with Crippen LogP contribution in [0.3, 0.4) is 0 Å². The molecule has 4 rings (SSSR count). The lowest BCUT2D eigenvalue weighted by Crippen LogP contribution is -2.36. The molecule has 136 valence electrons. The number of carbonyl (C=O) groups excluding carboxylic acids is 1. The summed E-state index contributed by atoms with van der Waals surface area (Å²) in [5.41, 5.74) is 2.09. The van der Waals surface area contributed by atoms with Crippen molar-refractivity contribution in [3.63, 3.8) is 0 Å². The fourth-order valence-electron chi connectivity index (χ4n) is 2.82. The van der Waals surface area contributed by atoms with Crippen LogP contribution in [-0.4, -0.2) is 59.1 Å². The third-order valence-corrected chi connectivity index (χ3v) is 5.09. The zero-order valence-electron chi connectivity index (χ0n) is 14.4. The molecule has 0 unspecified atom stereocenters. The highest BCUT2D eigenvalue weighted by atomic mass is 32.1. The van der Waals surface area contributed by atoms with Gasteiger partial charge in [-0.15, -0.1) is 0 Å². The summed E-state index contributed by atoms with van der Waals surface area (Å²) >= 11 is 1.40. The van der Waals surface area contributed by atoms with Gasteiger partial charge in [0, 0.05) is 26.3 Å². The summed E-state index contributed by atoms with van der Waals surface area (Å²) in [7, 11) is 3.32. The van der Waals surface area contributed by atoms with E-state index in [0.29, 0.717) is 35.3 Å². The largest absolute Gasteiger partial charge is 0.479 e. The van der Waals surface area contributed by atoms with E-state index >= 15 is 0 Å². The average Bonchev–Trinajstić information content (AvgIpc) is 3.27. The first-order valence-electron chi connectivity index (χ1n) is 8.12. The monoisotopic (exact) mass is 374 g/mol. The van der Waals surface area contributed by atoms with Gasteiger partial charge in [-0.05, 0) is 0 Å². The topological polar surface area (TPSA) is 94.4 Å². The molecule has 1 aliphatic rings. The average molecular weight is 374 g/mol. The molecule has 1 N–H and O–H groups in total. The minimum Gasteiger partial charge on any atom is -0.479 e. The maximum absolute atomic E-state index is 12.4. The lowest BCUT2D eigenvalue weighted by molar-refractivity contribution is 0.102. The number of nitrogens with zero attached hydrogens (tertiary/aromatic N) is 5. The number of aromatic nitrogens is 4. The molecule has 3 aromatic heterocycles. The highest BCUT2D eigenvalue weighted by Crippen LogP contribution is 2.38. The Balaban J connectivity index is 1.69. The first-order valence-corrected chi connectivity index (χ1v) is 8.93. The molecule has 1 fully saturated rings. The standard InChI is InChI=1S/C16H18N6O3S/c1-21-9-10(7-18-21)14(23)20-16-19-12-13(26-16)11(8-17-15(12)24-2)22-3-5-25-6-4-22/h7-9H,3-6H2,1-2H3,(H,19,20,23). The number of aryl methyl sites for hydroxylation is 1. The SMILES string of the molecule is COc1ncc(N2CCOCC2)c2sc(NC(=O)c3cnn(C)c3)nc12. The maximum atomic E-state index is 12.4. The smallest absolute Gasteiger partial charge is 0.260 e. The van der Waals surface area contributed by atoms with Crippen LogP contribution in [0, 0.1) is 0 Å². The molecule has 1 amide bonds. The Morgan fingerprint density at radius 2 is 2.15 bits per heavy atom. The van der Waals surface area contributed by atoms with Gasteiger partial charge in [-0.2, -0.15) is 5.10 Å². The lowest BCUT2D eigenvalue weighted by Gasteiger charge is -2.28. The molecule has 0 saturated carbocycles. The highest BCUT2D eigenvalue weighted by molar-refractivity contribution is 7.23. The van der Waals surface area contributed by atoms with E-state index in [0.717, 1.165) is 23.5 Å². The summed E-state index contributed by atoms with van der Waals surface area (Å²) in [6, 6.07) is 0. The fraction of sp³-hybridized carbons (Fsp3) is 0.375. The normalized spacial score (nSPS) is 14.6. The van der Waals surface area contributed by atoms with E-state index < -0.39 is 0 Å². The van der Waals surface area contributed by atoms with Crippen molar-refractivity contribution < 1.29 is 14.3 Å². The Labute approximate surface area is 153 Å². The van der Waals surface area contributed by atoms with Gasteiger partial charge in [0.25, 0.3) is 5.91 Å². The fourth-order valence-corrected chi connectivity index (χ4v) is 3.81. The Kier molecular flexibility index (Phi) is 4.43. The lowest BCUT2D eigenvalue weighted by atomic mass is 10.3. The summed E-state index contributed by atoms with van der Waals surface area (Å²) in [6.07, 6.45) is 4.96. The van der Waals surface area contributed by atoms with Gasteiger partial charge in [0.1, 0.15) is 5.52 Å². The van der Waals surface area contributed by atoms with Crippen LogP contribution in [0.1, 0.15) is 10.4 Å². The van der Waals surface area contributed by atoms with Crippen molar-refractivity contribution in [2.24, 2.45) is 7.05 Å². The van der Waals surface area contributed by atoms with E-state index in [1.165, 1.54) is 17.5 Å². The molecule has 9 nitrogen and oxygen atoms in total. The molecule has 26 heavy (non-hydrogen) atoms. The first kappa shape index (κ1) is 16.7. The van der Waals surface area contributed by atoms with E-state index in [1.807, 2.05) is 0 Å². The molecule has 10 heteroatoms. The zero-order valence-corrected chi connectivity index (χ0v) is 15.2. The van der Waals surface area contributed by atoms with Crippen LogP contribution in [-0.2, 0) is 11.8 Å². The third kappa shape index (κ3) is 3.08. The number of amides is 1. The van der Waals surface area contributed by atoms with Crippen molar-refractivity contribution in [1.29, 1.82) is 0 Å². The number of methoxy groups -OCH3 is 1. The van der Waals surface area contributed by atoms with Gasteiger partial charge in [-0.3, -0.25) is 14.8 Å². The van der Waals surface area contributed by atoms with E-state index in [9.17, 15) is 4.79 Å². The summed E-state index contributed by atoms with van der Waals surface area (Å²) in [4.78, 5) is 23.5. The number of fused-ring (bicyclic) bond motifs is 1. The van der Waals surface area contributed by atoms with Gasteiger partial charge in [-0.1, -0.05) is 11.3 Å². The van der Waals surface area contributed by atoms with Crippen molar-refractivity contribution in [3.05, 3.63) is 24.2 Å². The predicted molar refractivity (Wildman–Crippen MR) is 98.2 cm³/mol. The molecule has 0 atom stereocenters. The number of morpholine rings is 1. The van der Waals surface area contributed by atoms with Crippen molar-refractivity contribution in [2.45, 2.75) is 0 Å². The number of anilines is 2. The quantitative estimate of drug-likeness (QED) is 0.740. The van der Waals surface area contributed by atoms with Gasteiger partial charge in [-0.25, -0.2) is 9.97 Å². The summed E-state index contributed by atoms with van der Waals surface area (Å²) < 4.78 is 13.3. The Morgan fingerprint density at radius 1 is 1.35 bits per heavy atom. The second-order valence-electron chi connectivity index (χ2n) is 5.81. The zero-order chi connectivity index (χ0) is 18.1. The van der Waals surface area contributed by atoms with Gasteiger partial charge in [0.05, 0.1) is 48.7 Å². The summed E-state index contributed by atoms with van der Waals surface area (Å²) in [5.74, 6) is 0.187. The number of ether oxygens (including phenoxy) is 2. The number of carbonyl (C=O) groups is 1. The van der Waals surface area contributed by atoms with Gasteiger partial charge < -0.3 is 14.4 Å². The van der Waals surface area contributed by atoms with E-state index in [4.69, 9.17) is 9.47 Å². The molecule has 4 heterocycles. The van der Waals surface area contributed by atoms with Gasteiger partial charge in [0.15, 0.2) is 5.13 Å². The number of rotatable bonds is 4. The molecule has 0 radical (unpaired) electrons. The van der Waals surface area contributed by atoms with Crippen molar-refractivity contribution in [2.75, 3.05) is 43.6 Å². The number of hydrogen-bond acceptors (Lipinski definition) is 8. The first-order chi connectivity index (χ1) is 12.7. The van der Waals surface area contributed by atoms with E-state index in [1.54, 1.807) is 31.2 Å². The molecule has 1 aliphatic heterocycles. The van der Waals surface area contributed by atoms with Gasteiger partial charge in [0.2, 0.25) is 5.88 Å². The predicted octanol–water partition coefficient (Wildman–Crippen LogP) is 1.52. The Morgan fingerprint density at radius 3 is 2.85 bits per heavy atom. The minimum absolute atomic E-state index is 0.253. The second-order valence-corrected chi connectivity index (χ2v) is 6.80. The molecule has 0 spiro atoms. The molecular formula is C16H18N6O3S. The third-order valence-electron chi connectivity index (χ3n) is 4.10. The molecule has 0 bridgehead atoms.